The van der Waals surface area contributed by atoms with Gasteiger partial charge in [0.15, 0.2) is 17.2 Å². The number of anilines is 3. The van der Waals surface area contributed by atoms with Crippen molar-refractivity contribution in [2.24, 2.45) is 0 Å². The monoisotopic (exact) mass is 429 g/mol. The topological polar surface area (TPSA) is 112 Å². The average Bonchev–Trinajstić information content (AvgIpc) is 3.28. The van der Waals surface area contributed by atoms with Gasteiger partial charge < -0.3 is 26.3 Å². The van der Waals surface area contributed by atoms with Crippen LogP contribution in [0.25, 0.3) is 11.2 Å². The quantitative estimate of drug-likeness (QED) is 0.342. The molecule has 0 spiro atoms. The zero-order valence-electron chi connectivity index (χ0n) is 18.2. The molecule has 1 atom stereocenters. The van der Waals surface area contributed by atoms with Gasteiger partial charge in [-0.15, -0.1) is 0 Å². The van der Waals surface area contributed by atoms with Gasteiger partial charge in [-0.2, -0.15) is 0 Å². The number of carbonyl (C=O) groups excluding carboxylic acids is 1. The maximum absolute atomic E-state index is 12.8. The van der Waals surface area contributed by atoms with Crippen LogP contribution >= 0.6 is 0 Å². The number of amides is 1. The van der Waals surface area contributed by atoms with Crippen molar-refractivity contribution >= 4 is 34.3 Å². The minimum absolute atomic E-state index is 0.00108. The molecule has 8 nitrogen and oxygen atoms in total. The average molecular weight is 430 g/mol. The van der Waals surface area contributed by atoms with Crippen LogP contribution in [0.5, 0.6) is 0 Å². The van der Waals surface area contributed by atoms with Crippen molar-refractivity contribution in [1.29, 1.82) is 0 Å². The van der Waals surface area contributed by atoms with E-state index in [1.54, 1.807) is 12.3 Å². The van der Waals surface area contributed by atoms with E-state index >= 15 is 0 Å². The molecule has 1 amide bonds. The number of aromatic amines is 1. The van der Waals surface area contributed by atoms with E-state index < -0.39 is 0 Å². The maximum atomic E-state index is 12.8. The predicted molar refractivity (Wildman–Crippen MR) is 129 cm³/mol. The summed E-state index contributed by atoms with van der Waals surface area (Å²) in [4.78, 5) is 26.6. The second-order valence-electron chi connectivity index (χ2n) is 7.61. The number of nitrogens with zero attached hydrogens (tertiary/aromatic N) is 3. The lowest BCUT2D eigenvalue weighted by Crippen LogP contribution is -2.42. The van der Waals surface area contributed by atoms with Gasteiger partial charge in [0.25, 0.3) is 5.91 Å². The molecule has 0 saturated carbocycles. The Balaban J connectivity index is 1.54. The van der Waals surface area contributed by atoms with Gasteiger partial charge in [0, 0.05) is 32.4 Å². The molecule has 164 valence electrons. The highest BCUT2D eigenvalue weighted by Gasteiger charge is 2.20. The summed E-state index contributed by atoms with van der Waals surface area (Å²) >= 11 is 0. The van der Waals surface area contributed by atoms with Crippen LogP contribution in [0.1, 0.15) is 23.0 Å². The highest BCUT2D eigenvalue weighted by molar-refractivity contribution is 5.98. The zero-order valence-corrected chi connectivity index (χ0v) is 18.2. The number of aromatic nitrogens is 3. The van der Waals surface area contributed by atoms with Crippen LogP contribution in [0.4, 0.5) is 17.2 Å². The number of nitrogens with two attached hydrogens (primary N) is 1. The first-order chi connectivity index (χ1) is 15.6. The fourth-order valence-corrected chi connectivity index (χ4v) is 3.68. The Morgan fingerprint density at radius 2 is 1.84 bits per heavy atom. The fraction of sp³-hybridized carbons (Fsp3) is 0.208. The third-order valence-electron chi connectivity index (χ3n) is 5.39. The van der Waals surface area contributed by atoms with E-state index in [1.165, 1.54) is 5.56 Å². The number of nitrogens with one attached hydrogen (secondary N) is 3. The number of nitrogen functional groups attached to an aromatic ring is 1. The minimum Gasteiger partial charge on any atom is -0.386 e. The van der Waals surface area contributed by atoms with E-state index in [-0.39, 0.29) is 23.5 Å². The van der Waals surface area contributed by atoms with Gasteiger partial charge in [-0.05, 0) is 30.7 Å². The van der Waals surface area contributed by atoms with E-state index in [0.717, 1.165) is 11.4 Å². The Morgan fingerprint density at radius 1 is 1.09 bits per heavy atom. The molecule has 0 saturated heterocycles. The Bertz CT molecular complexity index is 1210. The zero-order chi connectivity index (χ0) is 22.5. The molecule has 0 radical (unpaired) electrons. The first kappa shape index (κ1) is 21.2. The number of fused-ring (bicyclic) bond motifs is 1. The second kappa shape index (κ2) is 9.38. The SMILES string of the molecule is CNc1ccccc1N(Cc1ccccc1)C(C)CNC(=O)c1nc2cc[nH]c2nc1N. The summed E-state index contributed by atoms with van der Waals surface area (Å²) in [5.41, 5.74) is 10.5. The molecule has 1 unspecified atom stereocenters. The van der Waals surface area contributed by atoms with Crippen LogP contribution in [0.15, 0.2) is 66.9 Å². The van der Waals surface area contributed by atoms with Crippen LogP contribution in [-0.4, -0.2) is 40.5 Å². The van der Waals surface area contributed by atoms with E-state index in [1.807, 2.05) is 43.4 Å². The van der Waals surface area contributed by atoms with Crippen LogP contribution in [0.3, 0.4) is 0 Å². The van der Waals surface area contributed by atoms with Gasteiger partial charge in [0.05, 0.1) is 11.4 Å². The van der Waals surface area contributed by atoms with Crippen molar-refractivity contribution in [3.05, 3.63) is 78.1 Å². The van der Waals surface area contributed by atoms with Crippen molar-refractivity contribution in [1.82, 2.24) is 20.3 Å². The molecule has 2 aromatic heterocycles. The number of benzene rings is 2. The molecule has 0 fully saturated rings. The van der Waals surface area contributed by atoms with Crippen molar-refractivity contribution in [3.63, 3.8) is 0 Å². The molecule has 4 aromatic rings. The lowest BCUT2D eigenvalue weighted by molar-refractivity contribution is 0.0947. The maximum Gasteiger partial charge on any atom is 0.273 e. The predicted octanol–water partition coefficient (Wildman–Crippen LogP) is 3.41. The highest BCUT2D eigenvalue weighted by atomic mass is 16.1. The highest BCUT2D eigenvalue weighted by Crippen LogP contribution is 2.28. The molecule has 0 aliphatic carbocycles. The van der Waals surface area contributed by atoms with Gasteiger partial charge in [-0.25, -0.2) is 9.97 Å². The minimum atomic E-state index is -0.341. The lowest BCUT2D eigenvalue weighted by Gasteiger charge is -2.33. The van der Waals surface area contributed by atoms with Crippen molar-refractivity contribution in [2.45, 2.75) is 19.5 Å². The number of carbonyl (C=O) groups is 1. The fourth-order valence-electron chi connectivity index (χ4n) is 3.68. The molecule has 2 aromatic carbocycles. The Labute approximate surface area is 186 Å². The summed E-state index contributed by atoms with van der Waals surface area (Å²) in [5, 5.41) is 6.24. The van der Waals surface area contributed by atoms with E-state index in [2.05, 4.69) is 55.6 Å². The summed E-state index contributed by atoms with van der Waals surface area (Å²) in [6.07, 6.45) is 1.72. The van der Waals surface area contributed by atoms with Crippen molar-refractivity contribution in [2.75, 3.05) is 29.5 Å². The number of H-pyrrole nitrogens is 1. The van der Waals surface area contributed by atoms with Crippen LogP contribution in [-0.2, 0) is 6.54 Å². The number of para-hydroxylation sites is 2. The summed E-state index contributed by atoms with van der Waals surface area (Å²) < 4.78 is 0. The van der Waals surface area contributed by atoms with Gasteiger partial charge in [0.2, 0.25) is 0 Å². The van der Waals surface area contributed by atoms with Gasteiger partial charge in [0.1, 0.15) is 5.52 Å². The molecule has 5 N–H and O–H groups in total. The van der Waals surface area contributed by atoms with Gasteiger partial charge in [-0.3, -0.25) is 4.79 Å². The molecule has 0 aliphatic rings. The third kappa shape index (κ3) is 4.49. The Hall–Kier alpha value is -4.07. The Kier molecular flexibility index (Phi) is 6.21. The summed E-state index contributed by atoms with van der Waals surface area (Å²) in [5.74, 6) is -0.238. The van der Waals surface area contributed by atoms with Crippen LogP contribution in [0, 0.1) is 0 Å². The smallest absolute Gasteiger partial charge is 0.273 e. The van der Waals surface area contributed by atoms with Gasteiger partial charge >= 0.3 is 0 Å². The van der Waals surface area contributed by atoms with Gasteiger partial charge in [-0.1, -0.05) is 42.5 Å². The largest absolute Gasteiger partial charge is 0.386 e. The van der Waals surface area contributed by atoms with E-state index in [0.29, 0.717) is 24.3 Å². The van der Waals surface area contributed by atoms with E-state index in [9.17, 15) is 4.79 Å². The molecule has 0 aliphatic heterocycles. The number of hydrogen-bond acceptors (Lipinski definition) is 6. The Morgan fingerprint density at radius 3 is 2.62 bits per heavy atom. The molecular formula is C24H27N7O. The second-order valence-corrected chi connectivity index (χ2v) is 7.61. The number of rotatable bonds is 8. The summed E-state index contributed by atoms with van der Waals surface area (Å²) in [6.45, 7) is 3.20. The van der Waals surface area contributed by atoms with Crippen LogP contribution < -0.4 is 21.3 Å². The van der Waals surface area contributed by atoms with Crippen molar-refractivity contribution in [3.8, 4) is 0 Å². The molecule has 2 heterocycles. The summed E-state index contributed by atoms with van der Waals surface area (Å²) in [6, 6.07) is 20.2. The molecule has 0 bridgehead atoms. The molecular weight excluding hydrogens is 402 g/mol. The molecule has 32 heavy (non-hydrogen) atoms. The summed E-state index contributed by atoms with van der Waals surface area (Å²) in [7, 11) is 1.91. The van der Waals surface area contributed by atoms with Crippen LogP contribution in [0.2, 0.25) is 0 Å². The molecule has 8 heteroatoms. The third-order valence-corrected chi connectivity index (χ3v) is 5.39. The van der Waals surface area contributed by atoms with E-state index in [4.69, 9.17) is 5.73 Å². The first-order valence-electron chi connectivity index (χ1n) is 10.5. The normalized spacial score (nSPS) is 11.8. The lowest BCUT2D eigenvalue weighted by atomic mass is 10.1. The van der Waals surface area contributed by atoms with Crippen molar-refractivity contribution < 1.29 is 4.79 Å². The number of hydrogen-bond donors (Lipinski definition) is 4. The standard InChI is InChI=1S/C24H27N7O/c1-16(14-28-24(32)21-22(25)30-23-19(29-21)12-13-27-23)31(15-17-8-4-3-5-9-17)20-11-7-6-10-18(20)26-2/h3-13,16,26H,14-15H2,1-2H3,(H,28,32)(H3,25,27,30). The first-order valence-corrected chi connectivity index (χ1v) is 10.5. The molecule has 4 rings (SSSR count).